The minimum atomic E-state index is -0.250. The largest absolute Gasteiger partial charge is 0.467 e. The molecule has 0 atom stereocenters. The van der Waals surface area contributed by atoms with Crippen LogP contribution < -0.4 is 10.1 Å². The van der Waals surface area contributed by atoms with Gasteiger partial charge in [0.1, 0.15) is 6.33 Å². The van der Waals surface area contributed by atoms with Crippen LogP contribution in [0.5, 0.6) is 5.88 Å². The molecular formula is C18H15Cl2N3O2. The van der Waals surface area contributed by atoms with E-state index in [1.165, 1.54) is 11.9 Å². The smallest absolute Gasteiger partial charge is 0.258 e. The lowest BCUT2D eigenvalue weighted by Crippen LogP contribution is -2.28. The van der Waals surface area contributed by atoms with Crippen molar-refractivity contribution in [1.29, 1.82) is 0 Å². The van der Waals surface area contributed by atoms with Crippen LogP contribution >= 0.6 is 23.2 Å². The van der Waals surface area contributed by atoms with Gasteiger partial charge in [-0.1, -0.05) is 53.0 Å². The molecule has 5 nitrogen and oxygen atoms in total. The summed E-state index contributed by atoms with van der Waals surface area (Å²) in [5.74, 6) is 0.0142. The fraction of sp³-hybridized carbons (Fsp3) is 0.167. The average molecular weight is 376 g/mol. The number of amides is 1. The Hall–Kier alpha value is -2.37. The van der Waals surface area contributed by atoms with Crippen LogP contribution in [0.2, 0.25) is 10.0 Å². The molecule has 1 aromatic heterocycles. The number of nitrogens with one attached hydrogen (secondary N) is 1. The molecule has 1 heterocycles. The van der Waals surface area contributed by atoms with E-state index in [-0.39, 0.29) is 18.4 Å². The molecule has 25 heavy (non-hydrogen) atoms. The molecule has 7 heteroatoms. The monoisotopic (exact) mass is 375 g/mol. The van der Waals surface area contributed by atoms with Gasteiger partial charge in [-0.2, -0.15) is 0 Å². The molecule has 1 amide bonds. The Morgan fingerprint density at radius 3 is 2.68 bits per heavy atom. The number of nitrogens with zero attached hydrogens (tertiary/aromatic N) is 2. The first-order valence-corrected chi connectivity index (χ1v) is 8.33. The molecule has 0 spiro atoms. The number of carbonyl (C=O) groups is 1. The van der Waals surface area contributed by atoms with E-state index in [4.69, 9.17) is 27.9 Å². The lowest BCUT2D eigenvalue weighted by Gasteiger charge is -2.09. The van der Waals surface area contributed by atoms with Gasteiger partial charge in [-0.05, 0) is 24.6 Å². The van der Waals surface area contributed by atoms with Crippen molar-refractivity contribution >= 4 is 40.0 Å². The molecule has 1 N–H and O–H groups in total. The third kappa shape index (κ3) is 4.38. The van der Waals surface area contributed by atoms with Gasteiger partial charge in [0.25, 0.3) is 5.91 Å². The number of carbonyl (C=O) groups excluding carboxylic acids is 1. The number of hydrogen-bond acceptors (Lipinski definition) is 4. The van der Waals surface area contributed by atoms with Crippen LogP contribution in [0.4, 0.5) is 0 Å². The van der Waals surface area contributed by atoms with Gasteiger partial charge in [0, 0.05) is 11.6 Å². The maximum atomic E-state index is 12.0. The minimum Gasteiger partial charge on any atom is -0.467 e. The van der Waals surface area contributed by atoms with E-state index < -0.39 is 0 Å². The predicted molar refractivity (Wildman–Crippen MR) is 98.1 cm³/mol. The first-order valence-electron chi connectivity index (χ1n) is 7.58. The van der Waals surface area contributed by atoms with Crippen LogP contribution in [0.15, 0.2) is 42.7 Å². The topological polar surface area (TPSA) is 64.1 Å². The molecular weight excluding hydrogens is 361 g/mol. The van der Waals surface area contributed by atoms with E-state index in [0.717, 1.165) is 5.56 Å². The summed E-state index contributed by atoms with van der Waals surface area (Å²) in [5, 5.41) is 4.21. The number of halogens is 2. The van der Waals surface area contributed by atoms with Crippen LogP contribution in [0, 0.1) is 6.92 Å². The Morgan fingerprint density at radius 2 is 1.92 bits per heavy atom. The summed E-state index contributed by atoms with van der Waals surface area (Å²) >= 11 is 12.1. The Bertz CT molecular complexity index is 914. The Kier molecular flexibility index (Phi) is 5.36. The molecule has 0 fully saturated rings. The van der Waals surface area contributed by atoms with Crippen molar-refractivity contribution in [2.45, 2.75) is 13.5 Å². The van der Waals surface area contributed by atoms with Crippen molar-refractivity contribution in [3.8, 4) is 5.88 Å². The lowest BCUT2D eigenvalue weighted by molar-refractivity contribution is -0.123. The highest BCUT2D eigenvalue weighted by Gasteiger charge is 2.11. The number of benzene rings is 2. The van der Waals surface area contributed by atoms with Gasteiger partial charge < -0.3 is 10.1 Å². The molecule has 0 radical (unpaired) electrons. The van der Waals surface area contributed by atoms with Crippen molar-refractivity contribution in [3.63, 3.8) is 0 Å². The quantitative estimate of drug-likeness (QED) is 0.733. The molecule has 0 aliphatic carbocycles. The molecule has 0 aliphatic rings. The number of ether oxygens (including phenoxy) is 1. The van der Waals surface area contributed by atoms with Crippen molar-refractivity contribution in [1.82, 2.24) is 15.3 Å². The Balaban J connectivity index is 1.64. The summed E-state index contributed by atoms with van der Waals surface area (Å²) in [6.45, 7) is 2.29. The zero-order valence-electron chi connectivity index (χ0n) is 13.4. The van der Waals surface area contributed by atoms with Crippen molar-refractivity contribution < 1.29 is 9.53 Å². The lowest BCUT2D eigenvalue weighted by atomic mass is 10.1. The van der Waals surface area contributed by atoms with Crippen LogP contribution in [0.3, 0.4) is 0 Å². The SMILES string of the molecule is Cc1ccc(CNC(=O)COc2ncnc3c(Cl)cc(Cl)cc23)cc1. The molecule has 3 aromatic rings. The Morgan fingerprint density at radius 1 is 1.16 bits per heavy atom. The van der Waals surface area contributed by atoms with Crippen LogP contribution in [0.1, 0.15) is 11.1 Å². The fourth-order valence-electron chi connectivity index (χ4n) is 2.28. The van der Waals surface area contributed by atoms with Gasteiger partial charge in [-0.15, -0.1) is 0 Å². The summed E-state index contributed by atoms with van der Waals surface area (Å²) < 4.78 is 5.52. The summed E-state index contributed by atoms with van der Waals surface area (Å²) in [7, 11) is 0. The minimum absolute atomic E-state index is 0.165. The summed E-state index contributed by atoms with van der Waals surface area (Å²) in [5.41, 5.74) is 2.72. The zero-order chi connectivity index (χ0) is 17.8. The standard InChI is InChI=1S/C18H15Cl2N3O2/c1-11-2-4-12(5-3-11)8-21-16(24)9-25-18-14-6-13(19)7-15(20)17(14)22-10-23-18/h2-7,10H,8-9H2,1H3,(H,21,24). The van der Waals surface area contributed by atoms with E-state index in [9.17, 15) is 4.79 Å². The average Bonchev–Trinajstić information content (AvgIpc) is 2.59. The first kappa shape index (κ1) is 17.5. The van der Waals surface area contributed by atoms with Gasteiger partial charge in [-0.25, -0.2) is 9.97 Å². The predicted octanol–water partition coefficient (Wildman–Crippen LogP) is 3.94. The zero-order valence-corrected chi connectivity index (χ0v) is 14.9. The summed E-state index contributed by atoms with van der Waals surface area (Å²) in [4.78, 5) is 20.2. The Labute approximate surface area is 155 Å². The van der Waals surface area contributed by atoms with Crippen molar-refractivity contribution in [2.24, 2.45) is 0 Å². The molecule has 0 bridgehead atoms. The molecule has 128 valence electrons. The van der Waals surface area contributed by atoms with Crippen LogP contribution in [-0.4, -0.2) is 22.5 Å². The highest BCUT2D eigenvalue weighted by Crippen LogP contribution is 2.30. The second-order valence-electron chi connectivity index (χ2n) is 5.51. The van der Waals surface area contributed by atoms with E-state index >= 15 is 0 Å². The van der Waals surface area contributed by atoms with Gasteiger partial charge in [0.15, 0.2) is 6.61 Å². The number of rotatable bonds is 5. The van der Waals surface area contributed by atoms with Crippen LogP contribution in [-0.2, 0) is 11.3 Å². The summed E-state index contributed by atoms with van der Waals surface area (Å²) in [6, 6.07) is 11.2. The molecule has 0 saturated carbocycles. The van der Waals surface area contributed by atoms with Gasteiger partial charge >= 0.3 is 0 Å². The molecule has 0 saturated heterocycles. The third-order valence-corrected chi connectivity index (χ3v) is 4.08. The number of fused-ring (bicyclic) bond motifs is 1. The highest BCUT2D eigenvalue weighted by atomic mass is 35.5. The van der Waals surface area contributed by atoms with E-state index in [2.05, 4.69) is 15.3 Å². The summed E-state index contributed by atoms with van der Waals surface area (Å²) in [6.07, 6.45) is 1.33. The fourth-order valence-corrected chi connectivity index (χ4v) is 2.82. The second-order valence-corrected chi connectivity index (χ2v) is 6.36. The second kappa shape index (κ2) is 7.68. The van der Waals surface area contributed by atoms with Gasteiger partial charge in [-0.3, -0.25) is 4.79 Å². The molecule has 2 aromatic carbocycles. The molecule has 0 unspecified atom stereocenters. The first-order chi connectivity index (χ1) is 12.0. The van der Waals surface area contributed by atoms with Crippen molar-refractivity contribution in [2.75, 3.05) is 6.61 Å². The maximum Gasteiger partial charge on any atom is 0.258 e. The third-order valence-electron chi connectivity index (χ3n) is 3.57. The normalized spacial score (nSPS) is 10.7. The van der Waals surface area contributed by atoms with E-state index in [1.54, 1.807) is 12.1 Å². The van der Waals surface area contributed by atoms with Crippen LogP contribution in [0.25, 0.3) is 10.9 Å². The van der Waals surface area contributed by atoms with Gasteiger partial charge in [0.2, 0.25) is 5.88 Å². The number of hydrogen-bond donors (Lipinski definition) is 1. The molecule has 0 aliphatic heterocycles. The maximum absolute atomic E-state index is 12.0. The highest BCUT2D eigenvalue weighted by molar-refractivity contribution is 6.38. The van der Waals surface area contributed by atoms with E-state index in [0.29, 0.717) is 27.5 Å². The number of aryl methyl sites for hydroxylation is 1. The molecule has 3 rings (SSSR count). The van der Waals surface area contributed by atoms with Crippen molar-refractivity contribution in [3.05, 3.63) is 63.9 Å². The van der Waals surface area contributed by atoms with Gasteiger partial charge in [0.05, 0.1) is 15.9 Å². The van der Waals surface area contributed by atoms with E-state index in [1.807, 2.05) is 31.2 Å². The number of aromatic nitrogens is 2.